The van der Waals surface area contributed by atoms with Gasteiger partial charge in [-0.3, -0.25) is 9.69 Å². The van der Waals surface area contributed by atoms with Gasteiger partial charge in [-0.15, -0.1) is 0 Å². The predicted molar refractivity (Wildman–Crippen MR) is 127 cm³/mol. The molecule has 2 aromatic carbocycles. The van der Waals surface area contributed by atoms with Crippen molar-refractivity contribution in [2.75, 3.05) is 66.8 Å². The molecule has 1 aliphatic rings. The van der Waals surface area contributed by atoms with Crippen LogP contribution in [0, 0.1) is 11.3 Å². The Bertz CT molecular complexity index is 936. The standard InChI is InChI=1S/C26H33N3O5/c1-31-14-15-33-20-26(30)29-12-10-28(11-13-29)18-25(23-4-3-5-24(16-23)32-2)34-19-22-8-6-21(17-27)7-9-22/h3-9,16,25H,10-15,18-20H2,1-2H3. The van der Waals surface area contributed by atoms with Crippen LogP contribution in [0.4, 0.5) is 0 Å². The minimum absolute atomic E-state index is 0.0113. The van der Waals surface area contributed by atoms with Gasteiger partial charge in [0.05, 0.1) is 44.7 Å². The average Bonchev–Trinajstić information content (AvgIpc) is 2.89. The largest absolute Gasteiger partial charge is 0.497 e. The Morgan fingerprint density at radius 1 is 1.06 bits per heavy atom. The van der Waals surface area contributed by atoms with Crippen LogP contribution in [0.3, 0.4) is 0 Å². The highest BCUT2D eigenvalue weighted by molar-refractivity contribution is 5.77. The summed E-state index contributed by atoms with van der Waals surface area (Å²) in [4.78, 5) is 16.5. The van der Waals surface area contributed by atoms with Gasteiger partial charge >= 0.3 is 0 Å². The Morgan fingerprint density at radius 3 is 2.50 bits per heavy atom. The SMILES string of the molecule is COCCOCC(=O)N1CCN(CC(OCc2ccc(C#N)cc2)c2cccc(OC)c2)CC1. The first-order valence-corrected chi connectivity index (χ1v) is 11.4. The lowest BCUT2D eigenvalue weighted by molar-refractivity contribution is -0.138. The molecule has 1 atom stereocenters. The van der Waals surface area contributed by atoms with Crippen molar-refractivity contribution < 1.29 is 23.7 Å². The Kier molecular flexibility index (Phi) is 10.3. The van der Waals surface area contributed by atoms with E-state index in [2.05, 4.69) is 11.0 Å². The highest BCUT2D eigenvalue weighted by atomic mass is 16.5. The lowest BCUT2D eigenvalue weighted by Crippen LogP contribution is -2.50. The van der Waals surface area contributed by atoms with Gasteiger partial charge in [0.2, 0.25) is 5.91 Å². The number of amides is 1. The molecule has 1 fully saturated rings. The number of nitriles is 1. The van der Waals surface area contributed by atoms with Gasteiger partial charge in [0.1, 0.15) is 12.4 Å². The first-order valence-electron chi connectivity index (χ1n) is 11.4. The normalized spacial score (nSPS) is 15.0. The number of carbonyl (C=O) groups is 1. The maximum absolute atomic E-state index is 12.4. The fraction of sp³-hybridized carbons (Fsp3) is 0.462. The fourth-order valence-electron chi connectivity index (χ4n) is 3.78. The first-order chi connectivity index (χ1) is 16.6. The number of rotatable bonds is 12. The van der Waals surface area contributed by atoms with Gasteiger partial charge in [-0.1, -0.05) is 24.3 Å². The van der Waals surface area contributed by atoms with Crippen LogP contribution >= 0.6 is 0 Å². The van der Waals surface area contributed by atoms with Crippen molar-refractivity contribution in [3.8, 4) is 11.8 Å². The van der Waals surface area contributed by atoms with Crippen LogP contribution < -0.4 is 4.74 Å². The van der Waals surface area contributed by atoms with E-state index in [0.717, 1.165) is 30.0 Å². The van der Waals surface area contributed by atoms with Crippen LogP contribution in [0.25, 0.3) is 0 Å². The third-order valence-electron chi connectivity index (χ3n) is 5.81. The molecule has 8 heteroatoms. The molecule has 1 unspecified atom stereocenters. The van der Waals surface area contributed by atoms with Crippen LogP contribution in [0.5, 0.6) is 5.75 Å². The summed E-state index contributed by atoms with van der Waals surface area (Å²) in [5, 5.41) is 9.01. The summed E-state index contributed by atoms with van der Waals surface area (Å²) < 4.78 is 22.1. The summed E-state index contributed by atoms with van der Waals surface area (Å²) in [6.07, 6.45) is -0.162. The van der Waals surface area contributed by atoms with Crippen LogP contribution in [0.1, 0.15) is 22.8 Å². The number of nitrogens with zero attached hydrogens (tertiary/aromatic N) is 3. The lowest BCUT2D eigenvalue weighted by Gasteiger charge is -2.36. The maximum atomic E-state index is 12.4. The number of methoxy groups -OCH3 is 2. The summed E-state index contributed by atoms with van der Waals surface area (Å²) in [6, 6.07) is 17.5. The van der Waals surface area contributed by atoms with Crippen molar-refractivity contribution >= 4 is 5.91 Å². The molecule has 0 bridgehead atoms. The van der Waals surface area contributed by atoms with Crippen LogP contribution in [0.2, 0.25) is 0 Å². The Morgan fingerprint density at radius 2 is 1.82 bits per heavy atom. The van der Waals surface area contributed by atoms with Crippen molar-refractivity contribution in [2.45, 2.75) is 12.7 Å². The molecule has 0 radical (unpaired) electrons. The topological polar surface area (TPSA) is 84.3 Å². The second kappa shape index (κ2) is 13.7. The molecule has 2 aromatic rings. The molecule has 0 aromatic heterocycles. The van der Waals surface area contributed by atoms with Crippen molar-refractivity contribution in [3.05, 3.63) is 65.2 Å². The van der Waals surface area contributed by atoms with E-state index in [-0.39, 0.29) is 18.6 Å². The number of benzene rings is 2. The van der Waals surface area contributed by atoms with Crippen LogP contribution in [0.15, 0.2) is 48.5 Å². The van der Waals surface area contributed by atoms with Gasteiger partial charge < -0.3 is 23.8 Å². The Hall–Kier alpha value is -2.96. The molecule has 0 saturated carbocycles. The third-order valence-corrected chi connectivity index (χ3v) is 5.81. The highest BCUT2D eigenvalue weighted by Gasteiger charge is 2.24. The molecule has 8 nitrogen and oxygen atoms in total. The molecule has 0 N–H and O–H groups in total. The summed E-state index contributed by atoms with van der Waals surface area (Å²) in [6.45, 7) is 4.98. The molecule has 182 valence electrons. The smallest absolute Gasteiger partial charge is 0.248 e. The first kappa shape index (κ1) is 25.7. The van der Waals surface area contributed by atoms with E-state index < -0.39 is 0 Å². The Balaban J connectivity index is 1.58. The minimum atomic E-state index is -0.162. The van der Waals surface area contributed by atoms with Crippen molar-refractivity contribution in [3.63, 3.8) is 0 Å². The monoisotopic (exact) mass is 467 g/mol. The van der Waals surface area contributed by atoms with E-state index in [0.29, 0.717) is 45.0 Å². The van der Waals surface area contributed by atoms with Crippen LogP contribution in [-0.4, -0.2) is 82.5 Å². The number of piperazine rings is 1. The van der Waals surface area contributed by atoms with E-state index in [4.69, 9.17) is 24.2 Å². The van der Waals surface area contributed by atoms with Crippen molar-refractivity contribution in [2.24, 2.45) is 0 Å². The molecule has 34 heavy (non-hydrogen) atoms. The van der Waals surface area contributed by atoms with Gasteiger partial charge in [0.15, 0.2) is 0 Å². The van der Waals surface area contributed by atoms with E-state index >= 15 is 0 Å². The zero-order chi connectivity index (χ0) is 24.2. The molecule has 1 saturated heterocycles. The zero-order valence-electron chi connectivity index (χ0n) is 19.9. The lowest BCUT2D eigenvalue weighted by atomic mass is 10.1. The molecule has 0 aliphatic carbocycles. The predicted octanol–water partition coefficient (Wildman–Crippen LogP) is 2.63. The number of hydrogen-bond donors (Lipinski definition) is 0. The van der Waals surface area contributed by atoms with Gasteiger partial charge in [-0.05, 0) is 35.4 Å². The third kappa shape index (κ3) is 7.82. The van der Waals surface area contributed by atoms with Gasteiger partial charge in [0, 0.05) is 39.8 Å². The minimum Gasteiger partial charge on any atom is -0.497 e. The van der Waals surface area contributed by atoms with E-state index in [9.17, 15) is 4.79 Å². The fourth-order valence-corrected chi connectivity index (χ4v) is 3.78. The second-order valence-electron chi connectivity index (χ2n) is 8.11. The molecular weight excluding hydrogens is 434 g/mol. The van der Waals surface area contributed by atoms with Crippen LogP contribution in [-0.2, 0) is 25.6 Å². The maximum Gasteiger partial charge on any atom is 0.248 e. The summed E-state index contributed by atoms with van der Waals surface area (Å²) >= 11 is 0. The molecular formula is C26H33N3O5. The van der Waals surface area contributed by atoms with E-state index in [1.54, 1.807) is 26.4 Å². The van der Waals surface area contributed by atoms with Gasteiger partial charge in [0.25, 0.3) is 0 Å². The number of carbonyl (C=O) groups excluding carboxylic acids is 1. The molecule has 1 heterocycles. The molecule has 1 amide bonds. The van der Waals surface area contributed by atoms with E-state index in [1.807, 2.05) is 41.3 Å². The second-order valence-corrected chi connectivity index (χ2v) is 8.11. The zero-order valence-corrected chi connectivity index (χ0v) is 19.9. The highest BCUT2D eigenvalue weighted by Crippen LogP contribution is 2.25. The van der Waals surface area contributed by atoms with Crippen molar-refractivity contribution in [1.29, 1.82) is 5.26 Å². The molecule has 3 rings (SSSR count). The van der Waals surface area contributed by atoms with Gasteiger partial charge in [-0.25, -0.2) is 0 Å². The molecule has 1 aliphatic heterocycles. The summed E-state index contributed by atoms with van der Waals surface area (Å²) in [7, 11) is 3.26. The summed E-state index contributed by atoms with van der Waals surface area (Å²) in [5.74, 6) is 0.797. The quantitative estimate of drug-likeness (QED) is 0.444. The molecule has 0 spiro atoms. The van der Waals surface area contributed by atoms with E-state index in [1.165, 1.54) is 0 Å². The number of hydrogen-bond acceptors (Lipinski definition) is 7. The van der Waals surface area contributed by atoms with Gasteiger partial charge in [-0.2, -0.15) is 5.26 Å². The van der Waals surface area contributed by atoms with Crippen molar-refractivity contribution in [1.82, 2.24) is 9.80 Å². The average molecular weight is 468 g/mol. The Labute approximate surface area is 201 Å². The number of ether oxygens (including phenoxy) is 4. The summed E-state index contributed by atoms with van der Waals surface area (Å²) in [5.41, 5.74) is 2.68.